The minimum atomic E-state index is 0.308. The van der Waals surface area contributed by atoms with Gasteiger partial charge in [-0.05, 0) is 32.4 Å². The van der Waals surface area contributed by atoms with Crippen molar-refractivity contribution in [2.24, 2.45) is 5.73 Å². The number of hydrogen-bond donors (Lipinski definition) is 1. The molecule has 0 unspecified atom stereocenters. The molecular formula is C9H18N2O. The summed E-state index contributed by atoms with van der Waals surface area (Å²) in [6.07, 6.45) is 4.20. The Morgan fingerprint density at radius 3 is 2.75 bits per heavy atom. The van der Waals surface area contributed by atoms with E-state index in [-0.39, 0.29) is 0 Å². The molecule has 0 aromatic rings. The lowest BCUT2D eigenvalue weighted by Gasteiger charge is -2.26. The Kier molecular flexibility index (Phi) is 2.63. The number of nitrogens with two attached hydrogens (primary N) is 1. The molecule has 0 radical (unpaired) electrons. The largest absolute Gasteiger partial charge is 0.375 e. The van der Waals surface area contributed by atoms with E-state index in [1.807, 2.05) is 0 Å². The number of likely N-dealkylation sites (tertiary alicyclic amines) is 1. The van der Waals surface area contributed by atoms with Crippen LogP contribution in [0.2, 0.25) is 0 Å². The molecule has 2 atom stereocenters. The van der Waals surface area contributed by atoms with Gasteiger partial charge in [-0.15, -0.1) is 0 Å². The third kappa shape index (κ3) is 1.49. The summed E-state index contributed by atoms with van der Waals surface area (Å²) in [6.45, 7) is 4.10. The molecule has 2 N–H and O–H groups in total. The fourth-order valence-electron chi connectivity index (χ4n) is 2.35. The molecule has 0 spiro atoms. The van der Waals surface area contributed by atoms with Gasteiger partial charge < -0.3 is 10.5 Å². The van der Waals surface area contributed by atoms with Crippen LogP contribution in [0.15, 0.2) is 0 Å². The number of ether oxygens (including phenoxy) is 1. The van der Waals surface area contributed by atoms with Crippen molar-refractivity contribution in [1.29, 1.82) is 0 Å². The number of rotatable bonds is 2. The van der Waals surface area contributed by atoms with Crippen LogP contribution in [0.5, 0.6) is 0 Å². The molecule has 2 fully saturated rings. The van der Waals surface area contributed by atoms with Crippen molar-refractivity contribution in [3.8, 4) is 0 Å². The Morgan fingerprint density at radius 1 is 1.33 bits per heavy atom. The molecule has 3 heteroatoms. The summed E-state index contributed by atoms with van der Waals surface area (Å²) in [5, 5.41) is 0. The molecule has 2 aliphatic heterocycles. The number of nitrogens with zero attached hydrogens (tertiary/aromatic N) is 1. The highest BCUT2D eigenvalue weighted by Gasteiger charge is 2.33. The summed E-state index contributed by atoms with van der Waals surface area (Å²) in [4.78, 5) is 2.55. The molecule has 0 saturated carbocycles. The predicted octanol–water partition coefficient (Wildman–Crippen LogP) is 0.198. The molecule has 3 nitrogen and oxygen atoms in total. The highest BCUT2D eigenvalue weighted by molar-refractivity contribution is 4.87. The van der Waals surface area contributed by atoms with Gasteiger partial charge in [-0.1, -0.05) is 0 Å². The van der Waals surface area contributed by atoms with Crippen LogP contribution in [-0.4, -0.2) is 43.3 Å². The van der Waals surface area contributed by atoms with Gasteiger partial charge in [0, 0.05) is 19.2 Å². The van der Waals surface area contributed by atoms with Gasteiger partial charge in [0.2, 0.25) is 0 Å². The Labute approximate surface area is 73.9 Å². The zero-order valence-corrected chi connectivity index (χ0v) is 7.54. The van der Waals surface area contributed by atoms with Gasteiger partial charge in [0.05, 0.1) is 6.10 Å². The molecule has 2 rings (SSSR count). The second-order valence-corrected chi connectivity index (χ2v) is 3.74. The van der Waals surface area contributed by atoms with Crippen molar-refractivity contribution in [2.45, 2.75) is 31.4 Å². The van der Waals surface area contributed by atoms with E-state index >= 15 is 0 Å². The molecule has 12 heavy (non-hydrogen) atoms. The smallest absolute Gasteiger partial charge is 0.0852 e. The molecule has 0 amide bonds. The first-order chi connectivity index (χ1) is 5.92. The van der Waals surface area contributed by atoms with Crippen molar-refractivity contribution in [1.82, 2.24) is 4.90 Å². The predicted molar refractivity (Wildman–Crippen MR) is 48.0 cm³/mol. The van der Waals surface area contributed by atoms with Crippen LogP contribution < -0.4 is 5.73 Å². The van der Waals surface area contributed by atoms with Crippen molar-refractivity contribution >= 4 is 0 Å². The fraction of sp³-hybridized carbons (Fsp3) is 1.00. The first kappa shape index (κ1) is 8.48. The molecule has 2 saturated heterocycles. The lowest BCUT2D eigenvalue weighted by molar-refractivity contribution is 0.0755. The van der Waals surface area contributed by atoms with Gasteiger partial charge in [0.25, 0.3) is 0 Å². The van der Waals surface area contributed by atoms with Gasteiger partial charge >= 0.3 is 0 Å². The average Bonchev–Trinajstić information content (AvgIpc) is 2.74. The summed E-state index contributed by atoms with van der Waals surface area (Å²) >= 11 is 0. The first-order valence-electron chi connectivity index (χ1n) is 4.97. The van der Waals surface area contributed by atoms with Crippen LogP contribution in [0.1, 0.15) is 19.3 Å². The topological polar surface area (TPSA) is 38.5 Å². The Balaban J connectivity index is 1.92. The van der Waals surface area contributed by atoms with E-state index < -0.39 is 0 Å². The van der Waals surface area contributed by atoms with Crippen LogP contribution in [0.3, 0.4) is 0 Å². The highest BCUT2D eigenvalue weighted by atomic mass is 16.5. The molecule has 0 bridgehead atoms. The van der Waals surface area contributed by atoms with Gasteiger partial charge in [-0.2, -0.15) is 0 Å². The van der Waals surface area contributed by atoms with Crippen LogP contribution in [0, 0.1) is 0 Å². The fourth-order valence-corrected chi connectivity index (χ4v) is 2.35. The standard InChI is InChI=1S/C9H18N2O/c10-7-9-8(3-6-12-9)11-4-1-2-5-11/h8-9H,1-7,10H2/t8-,9-/m0/s1. The van der Waals surface area contributed by atoms with Crippen LogP contribution >= 0.6 is 0 Å². The molecule has 0 aromatic carbocycles. The van der Waals surface area contributed by atoms with Gasteiger partial charge in [0.1, 0.15) is 0 Å². The maximum atomic E-state index is 5.64. The maximum absolute atomic E-state index is 5.64. The summed E-state index contributed by atoms with van der Waals surface area (Å²) in [7, 11) is 0. The molecular weight excluding hydrogens is 152 g/mol. The van der Waals surface area contributed by atoms with Crippen molar-refractivity contribution in [3.63, 3.8) is 0 Å². The summed E-state index contributed by atoms with van der Waals surface area (Å²) < 4.78 is 5.56. The molecule has 2 aliphatic rings. The lowest BCUT2D eigenvalue weighted by Crippen LogP contribution is -2.42. The van der Waals surface area contributed by atoms with Gasteiger partial charge in [0.15, 0.2) is 0 Å². The summed E-state index contributed by atoms with van der Waals surface area (Å²) in [5.74, 6) is 0. The van der Waals surface area contributed by atoms with E-state index in [1.54, 1.807) is 0 Å². The minimum absolute atomic E-state index is 0.308. The second-order valence-electron chi connectivity index (χ2n) is 3.74. The van der Waals surface area contributed by atoms with Crippen LogP contribution in [0.25, 0.3) is 0 Å². The van der Waals surface area contributed by atoms with E-state index in [1.165, 1.54) is 32.4 Å². The lowest BCUT2D eigenvalue weighted by atomic mass is 10.1. The van der Waals surface area contributed by atoms with Crippen LogP contribution in [-0.2, 0) is 4.74 Å². The highest BCUT2D eigenvalue weighted by Crippen LogP contribution is 2.22. The van der Waals surface area contributed by atoms with Gasteiger partial charge in [-0.25, -0.2) is 0 Å². The third-order valence-corrected chi connectivity index (χ3v) is 3.02. The van der Waals surface area contributed by atoms with Gasteiger partial charge in [-0.3, -0.25) is 4.90 Å². The van der Waals surface area contributed by atoms with E-state index in [0.717, 1.165) is 6.61 Å². The Bertz CT molecular complexity index is 145. The number of hydrogen-bond acceptors (Lipinski definition) is 3. The SMILES string of the molecule is NC[C@@H]1OCC[C@@H]1N1CCCC1. The Hall–Kier alpha value is -0.120. The van der Waals surface area contributed by atoms with E-state index in [9.17, 15) is 0 Å². The first-order valence-corrected chi connectivity index (χ1v) is 4.97. The van der Waals surface area contributed by atoms with Crippen molar-refractivity contribution in [2.75, 3.05) is 26.2 Å². The van der Waals surface area contributed by atoms with Crippen LogP contribution in [0.4, 0.5) is 0 Å². The molecule has 0 aliphatic carbocycles. The monoisotopic (exact) mass is 170 g/mol. The van der Waals surface area contributed by atoms with E-state index in [2.05, 4.69) is 4.90 Å². The van der Waals surface area contributed by atoms with E-state index in [0.29, 0.717) is 18.7 Å². The normalized spacial score (nSPS) is 37.8. The zero-order valence-electron chi connectivity index (χ0n) is 7.54. The maximum Gasteiger partial charge on any atom is 0.0852 e. The second kappa shape index (κ2) is 3.73. The summed E-state index contributed by atoms with van der Waals surface area (Å²) in [6, 6.07) is 0.623. The molecule has 70 valence electrons. The summed E-state index contributed by atoms with van der Waals surface area (Å²) in [5.41, 5.74) is 5.64. The third-order valence-electron chi connectivity index (χ3n) is 3.02. The Morgan fingerprint density at radius 2 is 2.08 bits per heavy atom. The molecule has 0 aromatic heterocycles. The quantitative estimate of drug-likeness (QED) is 0.643. The molecule has 2 heterocycles. The zero-order chi connectivity index (χ0) is 8.39. The average molecular weight is 170 g/mol. The van der Waals surface area contributed by atoms with E-state index in [4.69, 9.17) is 10.5 Å². The van der Waals surface area contributed by atoms with Crippen molar-refractivity contribution in [3.05, 3.63) is 0 Å². The van der Waals surface area contributed by atoms with Crippen molar-refractivity contribution < 1.29 is 4.74 Å². The minimum Gasteiger partial charge on any atom is -0.375 e.